The van der Waals surface area contributed by atoms with E-state index in [1.54, 1.807) is 12.1 Å². The summed E-state index contributed by atoms with van der Waals surface area (Å²) in [6, 6.07) is 23.8. The molecule has 0 spiro atoms. The van der Waals surface area contributed by atoms with Crippen LogP contribution in [0.2, 0.25) is 5.02 Å². The summed E-state index contributed by atoms with van der Waals surface area (Å²) < 4.78 is 28.6. The molecule has 2 bridgehead atoms. The lowest BCUT2D eigenvalue weighted by Crippen LogP contribution is -2.67. The maximum atomic E-state index is 13.1. The molecule has 1 heterocycles. The first kappa shape index (κ1) is 31.1. The standard InChI is InChI=1S/C36H44ClN3O3S/c1-34(2)35(3)18-17-29(36(34,4)25-35)24-44(42,43)38-33(41)27-11-15-31(16-12-27)40-21-19-39(20-22-40)23-28-7-5-6-8-32(28)26-9-13-30(37)14-10-26/h5-16,29H,17-25H2,1-4H3,(H,38,41)/t29-,35+,36+/m0/s1. The molecule has 0 aromatic heterocycles. The third kappa shape index (κ3) is 5.67. The molecule has 44 heavy (non-hydrogen) atoms. The third-order valence-corrected chi connectivity index (χ3v) is 13.3. The molecular weight excluding hydrogens is 590 g/mol. The highest BCUT2D eigenvalue weighted by Gasteiger charge is 2.69. The Kier molecular flexibility index (Phi) is 8.13. The van der Waals surface area contributed by atoms with Crippen molar-refractivity contribution in [2.45, 2.75) is 53.5 Å². The number of amides is 1. The van der Waals surface area contributed by atoms with Gasteiger partial charge in [-0.05, 0) is 94.5 Å². The van der Waals surface area contributed by atoms with Gasteiger partial charge in [-0.3, -0.25) is 9.69 Å². The molecule has 234 valence electrons. The molecule has 3 aromatic carbocycles. The van der Waals surface area contributed by atoms with E-state index in [0.717, 1.165) is 62.7 Å². The Labute approximate surface area is 267 Å². The number of piperazine rings is 1. The zero-order valence-electron chi connectivity index (χ0n) is 26.3. The number of hydrogen-bond acceptors (Lipinski definition) is 5. The van der Waals surface area contributed by atoms with Crippen LogP contribution >= 0.6 is 11.6 Å². The Morgan fingerprint density at radius 2 is 1.57 bits per heavy atom. The zero-order valence-corrected chi connectivity index (χ0v) is 27.8. The summed E-state index contributed by atoms with van der Waals surface area (Å²) in [5, 5.41) is 0.736. The number of benzene rings is 3. The molecule has 4 fully saturated rings. The average Bonchev–Trinajstić information content (AvgIpc) is 2.99. The molecule has 7 rings (SSSR count). The third-order valence-electron chi connectivity index (χ3n) is 11.7. The van der Waals surface area contributed by atoms with Crippen molar-refractivity contribution < 1.29 is 13.2 Å². The number of anilines is 1. The number of nitrogens with one attached hydrogen (secondary N) is 1. The van der Waals surface area contributed by atoms with Gasteiger partial charge in [0.2, 0.25) is 10.0 Å². The van der Waals surface area contributed by atoms with E-state index in [2.05, 4.69) is 78.6 Å². The molecule has 1 saturated heterocycles. The van der Waals surface area contributed by atoms with Crippen molar-refractivity contribution in [1.29, 1.82) is 0 Å². The average molecular weight is 634 g/mol. The van der Waals surface area contributed by atoms with Crippen LogP contribution in [0.15, 0.2) is 72.8 Å². The molecule has 3 atom stereocenters. The minimum Gasteiger partial charge on any atom is -0.369 e. The monoisotopic (exact) mass is 633 g/mol. The summed E-state index contributed by atoms with van der Waals surface area (Å²) in [6.07, 6.45) is 2.98. The number of fused-ring (bicyclic) bond motifs is 2. The van der Waals surface area contributed by atoms with E-state index < -0.39 is 15.9 Å². The summed E-state index contributed by atoms with van der Waals surface area (Å²) in [5.41, 5.74) is 5.43. The minimum absolute atomic E-state index is 0.00128. The van der Waals surface area contributed by atoms with Gasteiger partial charge in [0.1, 0.15) is 0 Å². The summed E-state index contributed by atoms with van der Waals surface area (Å²) >= 11 is 6.11. The first-order chi connectivity index (χ1) is 20.8. The van der Waals surface area contributed by atoms with E-state index in [1.807, 2.05) is 24.3 Å². The highest BCUT2D eigenvalue weighted by Crippen LogP contribution is 2.76. The van der Waals surface area contributed by atoms with E-state index in [4.69, 9.17) is 11.6 Å². The Morgan fingerprint density at radius 1 is 0.909 bits per heavy atom. The van der Waals surface area contributed by atoms with Gasteiger partial charge in [-0.2, -0.15) is 0 Å². The Bertz CT molecular complexity index is 1630. The van der Waals surface area contributed by atoms with Crippen molar-refractivity contribution in [3.63, 3.8) is 0 Å². The first-order valence-corrected chi connectivity index (χ1v) is 17.8. The summed E-state index contributed by atoms with van der Waals surface area (Å²) in [6.45, 7) is 13.6. The zero-order chi connectivity index (χ0) is 31.3. The van der Waals surface area contributed by atoms with Gasteiger partial charge in [-0.1, -0.05) is 75.7 Å². The topological polar surface area (TPSA) is 69.7 Å². The first-order valence-electron chi connectivity index (χ1n) is 15.8. The van der Waals surface area contributed by atoms with Crippen LogP contribution in [0.3, 0.4) is 0 Å². The maximum absolute atomic E-state index is 13.1. The molecule has 3 saturated carbocycles. The van der Waals surface area contributed by atoms with E-state index in [1.165, 1.54) is 16.7 Å². The SMILES string of the molecule is CC1(C)[C@]2(C)CC[C@@H](CS(=O)(=O)NC(=O)c3ccc(N4CCN(Cc5ccccc5-c5ccc(Cl)cc5)CC4)cc3)[C@@]1(C)C2. The van der Waals surface area contributed by atoms with Crippen molar-refractivity contribution in [2.24, 2.45) is 22.2 Å². The van der Waals surface area contributed by atoms with E-state index in [9.17, 15) is 13.2 Å². The van der Waals surface area contributed by atoms with E-state index >= 15 is 0 Å². The maximum Gasteiger partial charge on any atom is 0.264 e. The fraction of sp³-hybridized carbons (Fsp3) is 0.472. The van der Waals surface area contributed by atoms with Gasteiger partial charge in [0.15, 0.2) is 0 Å². The van der Waals surface area contributed by atoms with Gasteiger partial charge in [-0.15, -0.1) is 0 Å². The number of sulfonamides is 1. The quantitative estimate of drug-likeness (QED) is 0.283. The number of carbonyl (C=O) groups excluding carboxylic acids is 1. The van der Waals surface area contributed by atoms with Crippen molar-refractivity contribution in [1.82, 2.24) is 9.62 Å². The van der Waals surface area contributed by atoms with Crippen molar-refractivity contribution in [3.8, 4) is 11.1 Å². The van der Waals surface area contributed by atoms with Crippen molar-refractivity contribution >= 4 is 33.2 Å². The minimum atomic E-state index is -3.75. The van der Waals surface area contributed by atoms with Gasteiger partial charge in [0, 0.05) is 49.0 Å². The van der Waals surface area contributed by atoms with Crippen LogP contribution in [-0.4, -0.2) is 51.2 Å². The normalized spacial score (nSPS) is 26.6. The second-order valence-corrected chi connectivity index (χ2v) is 16.4. The van der Waals surface area contributed by atoms with Gasteiger partial charge < -0.3 is 4.90 Å². The molecular formula is C36H44ClN3O3S. The van der Waals surface area contributed by atoms with Crippen LogP contribution in [0.5, 0.6) is 0 Å². The highest BCUT2D eigenvalue weighted by molar-refractivity contribution is 7.90. The number of nitrogens with zero attached hydrogens (tertiary/aromatic N) is 2. The lowest BCUT2D eigenvalue weighted by Gasteiger charge is -2.74. The predicted molar refractivity (Wildman–Crippen MR) is 179 cm³/mol. The molecule has 1 aliphatic heterocycles. The van der Waals surface area contributed by atoms with Crippen LogP contribution < -0.4 is 9.62 Å². The largest absolute Gasteiger partial charge is 0.369 e. The molecule has 1 N–H and O–H groups in total. The van der Waals surface area contributed by atoms with E-state index in [-0.39, 0.29) is 27.9 Å². The molecule has 3 aromatic rings. The fourth-order valence-corrected chi connectivity index (χ4v) is 9.95. The summed E-state index contributed by atoms with van der Waals surface area (Å²) in [5.74, 6) is -0.502. The molecule has 0 unspecified atom stereocenters. The van der Waals surface area contributed by atoms with Crippen LogP contribution in [0.25, 0.3) is 11.1 Å². The lowest BCUT2D eigenvalue weighted by atomic mass is 9.31. The molecule has 1 amide bonds. The van der Waals surface area contributed by atoms with Crippen LogP contribution in [0.1, 0.15) is 62.9 Å². The Morgan fingerprint density at radius 3 is 2.23 bits per heavy atom. The van der Waals surface area contributed by atoms with Gasteiger partial charge in [0.25, 0.3) is 5.91 Å². The Hall–Kier alpha value is -2.87. The number of hydrogen-bond donors (Lipinski definition) is 1. The Balaban J connectivity index is 1.03. The molecule has 3 aliphatic carbocycles. The van der Waals surface area contributed by atoms with E-state index in [0.29, 0.717) is 5.56 Å². The smallest absolute Gasteiger partial charge is 0.264 e. The molecule has 8 heteroatoms. The predicted octanol–water partition coefficient (Wildman–Crippen LogP) is 7.24. The van der Waals surface area contributed by atoms with Crippen molar-refractivity contribution in [2.75, 3.05) is 36.8 Å². The summed E-state index contributed by atoms with van der Waals surface area (Å²) in [4.78, 5) is 17.8. The molecule has 0 radical (unpaired) electrons. The summed E-state index contributed by atoms with van der Waals surface area (Å²) in [7, 11) is -3.75. The number of rotatable bonds is 8. The number of carbonyl (C=O) groups is 1. The van der Waals surface area contributed by atoms with Crippen LogP contribution in [0.4, 0.5) is 5.69 Å². The second-order valence-electron chi connectivity index (χ2n) is 14.2. The molecule has 4 aliphatic rings. The van der Waals surface area contributed by atoms with Crippen LogP contribution in [-0.2, 0) is 16.6 Å². The van der Waals surface area contributed by atoms with Crippen molar-refractivity contribution in [3.05, 3.63) is 88.9 Å². The lowest BCUT2D eigenvalue weighted by molar-refractivity contribution is -0.243. The van der Waals surface area contributed by atoms with Gasteiger partial charge in [-0.25, -0.2) is 13.1 Å². The van der Waals surface area contributed by atoms with Crippen LogP contribution in [0, 0.1) is 22.2 Å². The van der Waals surface area contributed by atoms with Gasteiger partial charge >= 0.3 is 0 Å². The number of halogens is 1. The second kappa shape index (κ2) is 11.5. The van der Waals surface area contributed by atoms with Gasteiger partial charge in [0.05, 0.1) is 5.75 Å². The highest BCUT2D eigenvalue weighted by atomic mass is 35.5. The molecule has 6 nitrogen and oxygen atoms in total. The fourth-order valence-electron chi connectivity index (χ4n) is 8.27.